The van der Waals surface area contributed by atoms with E-state index in [1.807, 2.05) is 12.1 Å². The first-order valence-corrected chi connectivity index (χ1v) is 10.5. The quantitative estimate of drug-likeness (QED) is 0.347. The Hall–Kier alpha value is -2.00. The zero-order valence-electron chi connectivity index (χ0n) is 15.4. The van der Waals surface area contributed by atoms with Crippen molar-refractivity contribution in [3.05, 3.63) is 18.2 Å². The van der Waals surface area contributed by atoms with Crippen LogP contribution in [0.5, 0.6) is 5.75 Å². The molecule has 0 aliphatic heterocycles. The number of carbonyl (C=O) groups is 1. The van der Waals surface area contributed by atoms with Crippen molar-refractivity contribution in [2.75, 3.05) is 43.6 Å². The zero-order chi connectivity index (χ0) is 19.6. The van der Waals surface area contributed by atoms with Crippen molar-refractivity contribution in [1.29, 1.82) is 0 Å². The molecule has 0 unspecified atom stereocenters. The van der Waals surface area contributed by atoms with E-state index in [1.54, 1.807) is 13.2 Å². The van der Waals surface area contributed by atoms with Crippen molar-refractivity contribution in [2.24, 2.45) is 0 Å². The summed E-state index contributed by atoms with van der Waals surface area (Å²) in [6.45, 7) is 1.76. The Labute approximate surface area is 155 Å². The number of methoxy groups -OCH3 is 1. The predicted molar refractivity (Wildman–Crippen MR) is 103 cm³/mol. The molecule has 0 aromatic heterocycles. The monoisotopic (exact) mass is 387 g/mol. The minimum Gasteiger partial charge on any atom is -0.495 e. The van der Waals surface area contributed by atoms with Gasteiger partial charge in [0.1, 0.15) is 5.75 Å². The van der Waals surface area contributed by atoms with Crippen molar-refractivity contribution >= 4 is 27.4 Å². The molecule has 1 aromatic rings. The first-order chi connectivity index (χ1) is 12.2. The molecule has 8 nitrogen and oxygen atoms in total. The molecule has 0 heterocycles. The summed E-state index contributed by atoms with van der Waals surface area (Å²) in [4.78, 5) is 12.7. The Morgan fingerprint density at radius 2 is 1.92 bits per heavy atom. The van der Waals surface area contributed by atoms with Crippen LogP contribution in [0.3, 0.4) is 0 Å². The molecule has 0 radical (unpaired) electrons. The average molecular weight is 388 g/mol. The number of carboxylic acid groups (broad SMARTS) is 1. The standard InChI is InChI=1S/C17H29N3O5S/c1-25-16-13-14(8-9-15(16)18)20(11-5-3-4-7-17(21)22)12-6-10-19-26(2,23)24/h8-9,13,19H,3-7,10-12,18H2,1-2H3,(H,21,22). The number of nitrogen functional groups attached to an aromatic ring is 1. The molecule has 148 valence electrons. The maximum atomic E-state index is 11.2. The third-order valence-electron chi connectivity index (χ3n) is 3.87. The van der Waals surface area contributed by atoms with Gasteiger partial charge in [-0.05, 0) is 31.4 Å². The Balaban J connectivity index is 2.66. The van der Waals surface area contributed by atoms with E-state index in [0.29, 0.717) is 37.4 Å². The van der Waals surface area contributed by atoms with Crippen molar-refractivity contribution in [1.82, 2.24) is 4.72 Å². The van der Waals surface area contributed by atoms with Crippen molar-refractivity contribution in [3.63, 3.8) is 0 Å². The summed E-state index contributed by atoms with van der Waals surface area (Å²) < 4.78 is 30.1. The molecule has 0 bridgehead atoms. The number of hydrogen-bond donors (Lipinski definition) is 3. The third kappa shape index (κ3) is 8.91. The van der Waals surface area contributed by atoms with E-state index in [4.69, 9.17) is 15.6 Å². The third-order valence-corrected chi connectivity index (χ3v) is 4.60. The van der Waals surface area contributed by atoms with Crippen LogP contribution in [0, 0.1) is 0 Å². The van der Waals surface area contributed by atoms with Gasteiger partial charge in [0, 0.05) is 37.8 Å². The molecule has 0 fully saturated rings. The lowest BCUT2D eigenvalue weighted by molar-refractivity contribution is -0.137. The van der Waals surface area contributed by atoms with Crippen LogP contribution in [0.15, 0.2) is 18.2 Å². The van der Waals surface area contributed by atoms with E-state index in [9.17, 15) is 13.2 Å². The highest BCUT2D eigenvalue weighted by molar-refractivity contribution is 7.88. The number of unbranched alkanes of at least 4 members (excludes halogenated alkanes) is 2. The van der Waals surface area contributed by atoms with Gasteiger partial charge < -0.3 is 20.5 Å². The minimum absolute atomic E-state index is 0.175. The van der Waals surface area contributed by atoms with Crippen LogP contribution < -0.4 is 20.1 Å². The molecule has 0 saturated carbocycles. The van der Waals surface area contributed by atoms with E-state index in [1.165, 1.54) is 0 Å². The number of rotatable bonds is 13. The van der Waals surface area contributed by atoms with E-state index in [-0.39, 0.29) is 6.42 Å². The highest BCUT2D eigenvalue weighted by Crippen LogP contribution is 2.27. The summed E-state index contributed by atoms with van der Waals surface area (Å²) in [6.07, 6.45) is 4.26. The first kappa shape index (κ1) is 22.0. The molecule has 1 rings (SSSR count). The fourth-order valence-corrected chi connectivity index (χ4v) is 3.06. The first-order valence-electron chi connectivity index (χ1n) is 8.58. The Kier molecular flexibility index (Phi) is 9.22. The maximum absolute atomic E-state index is 11.2. The fraction of sp³-hybridized carbons (Fsp3) is 0.588. The lowest BCUT2D eigenvalue weighted by Crippen LogP contribution is -2.30. The zero-order valence-corrected chi connectivity index (χ0v) is 16.2. The van der Waals surface area contributed by atoms with Gasteiger partial charge in [0.25, 0.3) is 0 Å². The predicted octanol–water partition coefficient (Wildman–Crippen LogP) is 1.67. The summed E-state index contributed by atoms with van der Waals surface area (Å²) in [6, 6.07) is 5.54. The molecular formula is C17H29N3O5S. The molecule has 4 N–H and O–H groups in total. The van der Waals surface area contributed by atoms with E-state index < -0.39 is 16.0 Å². The molecule has 1 aromatic carbocycles. The van der Waals surface area contributed by atoms with Gasteiger partial charge in [0.15, 0.2) is 0 Å². The van der Waals surface area contributed by atoms with E-state index in [2.05, 4.69) is 9.62 Å². The van der Waals surface area contributed by atoms with Crippen LogP contribution in [-0.2, 0) is 14.8 Å². The summed E-state index contributed by atoms with van der Waals surface area (Å²) in [5.74, 6) is -0.190. The van der Waals surface area contributed by atoms with Crippen molar-refractivity contribution in [3.8, 4) is 5.75 Å². The largest absolute Gasteiger partial charge is 0.495 e. The highest BCUT2D eigenvalue weighted by Gasteiger charge is 2.10. The number of nitrogens with two attached hydrogens (primary N) is 1. The molecule has 0 amide bonds. The highest BCUT2D eigenvalue weighted by atomic mass is 32.2. The number of nitrogens with one attached hydrogen (secondary N) is 1. The Bertz CT molecular complexity index is 679. The molecule has 0 atom stereocenters. The molecule has 26 heavy (non-hydrogen) atoms. The Morgan fingerprint density at radius 3 is 2.54 bits per heavy atom. The second-order valence-corrected chi connectivity index (χ2v) is 7.97. The molecule has 9 heteroatoms. The number of aliphatic carboxylic acids is 1. The molecule has 0 spiro atoms. The van der Waals surface area contributed by atoms with Gasteiger partial charge in [-0.3, -0.25) is 4.79 Å². The van der Waals surface area contributed by atoms with Crippen LogP contribution in [0.4, 0.5) is 11.4 Å². The van der Waals surface area contributed by atoms with Crippen LogP contribution in [0.1, 0.15) is 32.1 Å². The number of carboxylic acids is 1. The number of nitrogens with zero attached hydrogens (tertiary/aromatic N) is 1. The molecule has 0 aliphatic carbocycles. The van der Waals surface area contributed by atoms with Gasteiger partial charge in [-0.15, -0.1) is 0 Å². The van der Waals surface area contributed by atoms with E-state index >= 15 is 0 Å². The lowest BCUT2D eigenvalue weighted by Gasteiger charge is -2.25. The molecule has 0 aliphatic rings. The molecular weight excluding hydrogens is 358 g/mol. The summed E-state index contributed by atoms with van der Waals surface area (Å²) >= 11 is 0. The summed E-state index contributed by atoms with van der Waals surface area (Å²) in [5, 5.41) is 8.70. The number of hydrogen-bond acceptors (Lipinski definition) is 6. The summed E-state index contributed by atoms with van der Waals surface area (Å²) in [5.41, 5.74) is 7.35. The van der Waals surface area contributed by atoms with Gasteiger partial charge in [-0.1, -0.05) is 6.42 Å². The second kappa shape index (κ2) is 10.9. The normalized spacial score (nSPS) is 11.3. The SMILES string of the molecule is COc1cc(N(CCCCCC(=O)O)CCCNS(C)(=O)=O)ccc1N. The number of ether oxygens (including phenoxy) is 1. The smallest absolute Gasteiger partial charge is 0.303 e. The van der Waals surface area contributed by atoms with Crippen LogP contribution >= 0.6 is 0 Å². The van der Waals surface area contributed by atoms with Gasteiger partial charge in [-0.2, -0.15) is 0 Å². The van der Waals surface area contributed by atoms with Crippen molar-refractivity contribution in [2.45, 2.75) is 32.1 Å². The summed E-state index contributed by atoms with van der Waals surface area (Å²) in [7, 11) is -1.64. The lowest BCUT2D eigenvalue weighted by atomic mass is 10.1. The number of sulfonamides is 1. The topological polar surface area (TPSA) is 122 Å². The van der Waals surface area contributed by atoms with Gasteiger partial charge in [-0.25, -0.2) is 13.1 Å². The van der Waals surface area contributed by atoms with Crippen LogP contribution in [0.2, 0.25) is 0 Å². The van der Waals surface area contributed by atoms with Gasteiger partial charge in [0.2, 0.25) is 10.0 Å². The number of anilines is 2. The van der Waals surface area contributed by atoms with Gasteiger partial charge >= 0.3 is 5.97 Å². The van der Waals surface area contributed by atoms with Crippen LogP contribution in [0.25, 0.3) is 0 Å². The van der Waals surface area contributed by atoms with Crippen molar-refractivity contribution < 1.29 is 23.1 Å². The number of benzene rings is 1. The molecule has 0 saturated heterocycles. The maximum Gasteiger partial charge on any atom is 0.303 e. The van der Waals surface area contributed by atoms with Crippen LogP contribution in [-0.4, -0.2) is 52.5 Å². The van der Waals surface area contributed by atoms with Gasteiger partial charge in [0.05, 0.1) is 19.1 Å². The Morgan fingerprint density at radius 1 is 1.23 bits per heavy atom. The fourth-order valence-electron chi connectivity index (χ4n) is 2.55. The second-order valence-electron chi connectivity index (χ2n) is 6.14. The minimum atomic E-state index is -3.20. The van der Waals surface area contributed by atoms with E-state index in [0.717, 1.165) is 31.3 Å². The average Bonchev–Trinajstić information content (AvgIpc) is 2.56.